The molecule has 0 aromatic rings. The number of thioether (sulfide) groups is 2. The lowest BCUT2D eigenvalue weighted by atomic mass is 9.78. The minimum absolute atomic E-state index is 0.387. The molecule has 0 bridgehead atoms. The molecular weight excluding hydrogens is 284 g/mol. The fraction of sp³-hybridized carbons (Fsp3) is 0.938. The summed E-state index contributed by atoms with van der Waals surface area (Å²) >= 11 is 4.02. The van der Waals surface area contributed by atoms with Gasteiger partial charge in [0.2, 0.25) is 0 Å². The van der Waals surface area contributed by atoms with Gasteiger partial charge in [0.25, 0.3) is 0 Å². The third-order valence-corrected chi connectivity index (χ3v) is 8.15. The summed E-state index contributed by atoms with van der Waals surface area (Å²) in [5.41, 5.74) is 0.387. The molecule has 3 aliphatic rings. The average Bonchev–Trinajstić information content (AvgIpc) is 3.09. The van der Waals surface area contributed by atoms with Crippen LogP contribution in [-0.4, -0.2) is 34.0 Å². The van der Waals surface area contributed by atoms with E-state index < -0.39 is 0 Å². The van der Waals surface area contributed by atoms with Crippen LogP contribution < -0.4 is 5.32 Å². The highest BCUT2D eigenvalue weighted by Crippen LogP contribution is 2.42. The van der Waals surface area contributed by atoms with Crippen LogP contribution in [0.1, 0.15) is 58.3 Å². The molecule has 0 aromatic carbocycles. The Kier molecular flexibility index (Phi) is 4.61. The van der Waals surface area contributed by atoms with Crippen LogP contribution in [0.2, 0.25) is 0 Å². The first-order chi connectivity index (χ1) is 9.65. The highest BCUT2D eigenvalue weighted by molar-refractivity contribution is 8.14. The summed E-state index contributed by atoms with van der Waals surface area (Å²) in [4.78, 5) is 4.96. The molecule has 3 rings (SSSR count). The maximum atomic E-state index is 4.96. The first kappa shape index (κ1) is 15.1. The van der Waals surface area contributed by atoms with Crippen LogP contribution >= 0.6 is 23.5 Å². The Labute approximate surface area is 132 Å². The molecule has 2 saturated carbocycles. The highest BCUT2D eigenvalue weighted by Gasteiger charge is 2.40. The van der Waals surface area contributed by atoms with Crippen molar-refractivity contribution in [3.05, 3.63) is 0 Å². The van der Waals surface area contributed by atoms with Gasteiger partial charge in [0.15, 0.2) is 5.17 Å². The number of hydrogen-bond acceptors (Lipinski definition) is 3. The topological polar surface area (TPSA) is 24.4 Å². The van der Waals surface area contributed by atoms with Gasteiger partial charge in [-0.1, -0.05) is 31.5 Å². The van der Waals surface area contributed by atoms with Gasteiger partial charge in [0.05, 0.1) is 6.54 Å². The standard InChI is InChI=1S/C16H28N2S2/c1-13-5-9-15(10-6-13)12-20-14(18-15)17-11-16(19-2)7-3-4-8-16/h13H,3-12H2,1-2H3,(H,17,18). The predicted octanol–water partition coefficient (Wildman–Crippen LogP) is 4.30. The van der Waals surface area contributed by atoms with Gasteiger partial charge in [-0.25, -0.2) is 0 Å². The van der Waals surface area contributed by atoms with E-state index in [4.69, 9.17) is 4.99 Å². The van der Waals surface area contributed by atoms with Gasteiger partial charge in [-0.2, -0.15) is 11.8 Å². The highest BCUT2D eigenvalue weighted by atomic mass is 32.2. The smallest absolute Gasteiger partial charge is 0.157 e. The van der Waals surface area contributed by atoms with Crippen LogP contribution in [0.15, 0.2) is 4.99 Å². The Morgan fingerprint density at radius 3 is 2.60 bits per heavy atom. The van der Waals surface area contributed by atoms with E-state index in [9.17, 15) is 0 Å². The molecule has 1 heterocycles. The lowest BCUT2D eigenvalue weighted by Gasteiger charge is -2.35. The average molecular weight is 313 g/mol. The van der Waals surface area contributed by atoms with Crippen molar-refractivity contribution < 1.29 is 0 Å². The van der Waals surface area contributed by atoms with Crippen molar-refractivity contribution in [2.75, 3.05) is 18.6 Å². The van der Waals surface area contributed by atoms with E-state index >= 15 is 0 Å². The second-order valence-electron chi connectivity index (χ2n) is 7.09. The van der Waals surface area contributed by atoms with Crippen molar-refractivity contribution in [1.82, 2.24) is 5.32 Å². The molecule has 1 saturated heterocycles. The quantitative estimate of drug-likeness (QED) is 0.840. The Hall–Kier alpha value is 0.170. The molecule has 0 atom stereocenters. The Morgan fingerprint density at radius 1 is 1.25 bits per heavy atom. The summed E-state index contributed by atoms with van der Waals surface area (Å²) in [6, 6.07) is 0. The molecule has 1 spiro atoms. The SMILES string of the molecule is CSC1(CN=C2NC3(CCC(C)CC3)CS2)CCCC1. The maximum Gasteiger partial charge on any atom is 0.157 e. The predicted molar refractivity (Wildman–Crippen MR) is 93.0 cm³/mol. The van der Waals surface area contributed by atoms with Gasteiger partial charge in [-0.05, 0) is 50.7 Å². The van der Waals surface area contributed by atoms with E-state index in [2.05, 4.69) is 18.5 Å². The molecule has 20 heavy (non-hydrogen) atoms. The normalized spacial score (nSPS) is 38.5. The van der Waals surface area contributed by atoms with Crippen molar-refractivity contribution >= 4 is 28.7 Å². The second kappa shape index (κ2) is 6.12. The monoisotopic (exact) mass is 312 g/mol. The van der Waals surface area contributed by atoms with Gasteiger partial charge >= 0.3 is 0 Å². The van der Waals surface area contributed by atoms with E-state index in [1.807, 2.05) is 23.5 Å². The van der Waals surface area contributed by atoms with Crippen LogP contribution in [0.5, 0.6) is 0 Å². The van der Waals surface area contributed by atoms with Crippen LogP contribution in [0.25, 0.3) is 0 Å². The Morgan fingerprint density at radius 2 is 1.95 bits per heavy atom. The fourth-order valence-electron chi connectivity index (χ4n) is 3.84. The number of nitrogens with zero attached hydrogens (tertiary/aromatic N) is 1. The fourth-order valence-corrected chi connectivity index (χ4v) is 5.95. The van der Waals surface area contributed by atoms with Crippen LogP contribution in [0.4, 0.5) is 0 Å². The molecular formula is C16H28N2S2. The van der Waals surface area contributed by atoms with Gasteiger partial charge in [0, 0.05) is 16.0 Å². The van der Waals surface area contributed by atoms with E-state index in [-0.39, 0.29) is 0 Å². The summed E-state index contributed by atoms with van der Waals surface area (Å²) in [6.07, 6.45) is 13.2. The summed E-state index contributed by atoms with van der Waals surface area (Å²) < 4.78 is 0.450. The van der Waals surface area contributed by atoms with Crippen LogP contribution in [0.3, 0.4) is 0 Å². The van der Waals surface area contributed by atoms with E-state index in [0.29, 0.717) is 10.3 Å². The summed E-state index contributed by atoms with van der Waals surface area (Å²) in [5, 5.41) is 5.03. The van der Waals surface area contributed by atoms with Crippen molar-refractivity contribution in [1.29, 1.82) is 0 Å². The van der Waals surface area contributed by atoms with E-state index in [0.717, 1.165) is 12.5 Å². The summed E-state index contributed by atoms with van der Waals surface area (Å²) in [7, 11) is 0. The third-order valence-electron chi connectivity index (χ3n) is 5.55. The van der Waals surface area contributed by atoms with Gasteiger partial charge < -0.3 is 5.32 Å². The Bertz CT molecular complexity index is 367. The van der Waals surface area contributed by atoms with Gasteiger partial charge in [-0.3, -0.25) is 4.99 Å². The first-order valence-electron chi connectivity index (χ1n) is 8.16. The van der Waals surface area contributed by atoms with Crippen molar-refractivity contribution in [2.45, 2.75) is 68.6 Å². The Balaban J connectivity index is 1.58. The molecule has 114 valence electrons. The van der Waals surface area contributed by atoms with Gasteiger partial charge in [0.1, 0.15) is 0 Å². The zero-order chi connectivity index (χ0) is 14.1. The minimum Gasteiger partial charge on any atom is -0.359 e. The van der Waals surface area contributed by atoms with Crippen LogP contribution in [0, 0.1) is 5.92 Å². The lowest BCUT2D eigenvalue weighted by molar-refractivity contribution is 0.251. The molecule has 0 aromatic heterocycles. The molecule has 0 unspecified atom stereocenters. The number of rotatable bonds is 3. The number of hydrogen-bond donors (Lipinski definition) is 1. The third kappa shape index (κ3) is 3.16. The molecule has 4 heteroatoms. The molecule has 0 radical (unpaired) electrons. The summed E-state index contributed by atoms with van der Waals surface area (Å²) in [6.45, 7) is 3.42. The first-order valence-corrected chi connectivity index (χ1v) is 10.4. The molecule has 2 aliphatic carbocycles. The van der Waals surface area contributed by atoms with Crippen molar-refractivity contribution in [3.63, 3.8) is 0 Å². The molecule has 1 aliphatic heterocycles. The summed E-state index contributed by atoms with van der Waals surface area (Å²) in [5.74, 6) is 2.16. The van der Waals surface area contributed by atoms with Crippen molar-refractivity contribution in [2.24, 2.45) is 10.9 Å². The molecule has 0 amide bonds. The van der Waals surface area contributed by atoms with Gasteiger partial charge in [-0.15, -0.1) is 0 Å². The zero-order valence-electron chi connectivity index (χ0n) is 12.9. The van der Waals surface area contributed by atoms with Crippen LogP contribution in [-0.2, 0) is 0 Å². The number of amidine groups is 1. The van der Waals surface area contributed by atoms with E-state index in [1.54, 1.807) is 0 Å². The maximum absolute atomic E-state index is 4.96. The molecule has 1 N–H and O–H groups in total. The lowest BCUT2D eigenvalue weighted by Crippen LogP contribution is -2.46. The molecule has 3 fully saturated rings. The van der Waals surface area contributed by atoms with Crippen molar-refractivity contribution in [3.8, 4) is 0 Å². The molecule has 2 nitrogen and oxygen atoms in total. The van der Waals surface area contributed by atoms with E-state index in [1.165, 1.54) is 62.3 Å². The number of aliphatic imine (C=N–C) groups is 1. The second-order valence-corrected chi connectivity index (χ2v) is 9.33. The number of nitrogens with one attached hydrogen (secondary N) is 1. The zero-order valence-corrected chi connectivity index (χ0v) is 14.5. The minimum atomic E-state index is 0.387. The largest absolute Gasteiger partial charge is 0.359 e.